The number of thiophene rings is 1. The van der Waals surface area contributed by atoms with Gasteiger partial charge < -0.3 is 20.2 Å². The number of likely N-dealkylation sites (tertiary alicyclic amines) is 1. The number of aliphatic hydroxyl groups is 1. The maximum atomic E-state index is 12.9. The molecule has 2 aliphatic heterocycles. The first-order chi connectivity index (χ1) is 18.2. The largest absolute Gasteiger partial charge is 0.395 e. The average molecular weight is 549 g/mol. The van der Waals surface area contributed by atoms with Crippen LogP contribution in [0.2, 0.25) is 0 Å². The topological polar surface area (TPSA) is 84.8 Å². The lowest BCUT2D eigenvalue weighted by molar-refractivity contribution is -0.126. The number of likely N-dealkylation sites (N-methyl/N-ethyl adjacent to an activating group) is 1. The summed E-state index contributed by atoms with van der Waals surface area (Å²) in [6.07, 6.45) is -1.05. The van der Waals surface area contributed by atoms with E-state index in [1.807, 2.05) is 24.1 Å². The molecular formula is C26H31F3N6O2S. The number of hydrogen-bond donors (Lipinski definition) is 2. The van der Waals surface area contributed by atoms with Crippen LogP contribution in [0, 0.1) is 5.41 Å². The van der Waals surface area contributed by atoms with E-state index in [0.717, 1.165) is 74.0 Å². The first kappa shape index (κ1) is 26.6. The van der Waals surface area contributed by atoms with Gasteiger partial charge in [-0.25, -0.2) is 9.97 Å². The Bertz CT molecular complexity index is 1300. The predicted molar refractivity (Wildman–Crippen MR) is 143 cm³/mol. The molecule has 4 heterocycles. The monoisotopic (exact) mass is 548 g/mol. The molecule has 1 aromatic carbocycles. The molecule has 2 N–H and O–H groups in total. The smallest absolute Gasteiger partial charge is 0.393 e. The zero-order valence-electron chi connectivity index (χ0n) is 21.2. The number of fused-ring (bicyclic) bond motifs is 1. The Kier molecular flexibility index (Phi) is 7.47. The summed E-state index contributed by atoms with van der Waals surface area (Å²) in [6.45, 7) is 4.75. The predicted octanol–water partition coefficient (Wildman–Crippen LogP) is 3.90. The number of aromatic nitrogens is 2. The maximum Gasteiger partial charge on any atom is 0.393 e. The number of nitrogens with one attached hydrogen (secondary N) is 1. The standard InChI is InChI=1S/C26H31F3N6O2S/c1-33(8-9-36)22-10-18(2-3-21(22)32-17-37)13-34-6-4-25(14-34)5-7-35(15-25)23-20-11-19(12-26(27,28)29)38-24(20)31-16-30-23/h2-3,10-11,16-17,36H,4-9,12-15H2,1H3,(H,32,37). The summed E-state index contributed by atoms with van der Waals surface area (Å²) < 4.78 is 38.8. The molecule has 2 saturated heterocycles. The van der Waals surface area contributed by atoms with Gasteiger partial charge in [0.2, 0.25) is 6.41 Å². The fourth-order valence-electron chi connectivity index (χ4n) is 5.75. The number of nitrogens with zero attached hydrogens (tertiary/aromatic N) is 5. The van der Waals surface area contributed by atoms with Crippen LogP contribution in [0.3, 0.4) is 0 Å². The highest BCUT2D eigenvalue weighted by atomic mass is 32.1. The minimum atomic E-state index is -4.25. The van der Waals surface area contributed by atoms with Gasteiger partial charge in [-0.1, -0.05) is 6.07 Å². The van der Waals surface area contributed by atoms with Crippen molar-refractivity contribution in [1.82, 2.24) is 14.9 Å². The Morgan fingerprint density at radius 3 is 2.79 bits per heavy atom. The second-order valence-electron chi connectivity index (χ2n) is 10.3. The number of hydrogen-bond acceptors (Lipinski definition) is 8. The van der Waals surface area contributed by atoms with Gasteiger partial charge in [0.05, 0.1) is 29.8 Å². The van der Waals surface area contributed by atoms with Gasteiger partial charge in [0.25, 0.3) is 0 Å². The fraction of sp³-hybridized carbons (Fsp3) is 0.500. The molecule has 0 aliphatic carbocycles. The zero-order valence-corrected chi connectivity index (χ0v) is 22.0. The Labute approximate surface area is 223 Å². The molecule has 2 aromatic heterocycles. The highest BCUT2D eigenvalue weighted by molar-refractivity contribution is 7.18. The summed E-state index contributed by atoms with van der Waals surface area (Å²) in [5.41, 5.74) is 2.80. The Morgan fingerprint density at radius 2 is 2.03 bits per heavy atom. The first-order valence-electron chi connectivity index (χ1n) is 12.6. The van der Waals surface area contributed by atoms with Crippen molar-refractivity contribution in [3.05, 3.63) is 41.0 Å². The summed E-state index contributed by atoms with van der Waals surface area (Å²) in [4.78, 5) is 27.1. The minimum Gasteiger partial charge on any atom is -0.395 e. The van der Waals surface area contributed by atoms with Crippen molar-refractivity contribution in [2.75, 3.05) is 61.5 Å². The van der Waals surface area contributed by atoms with E-state index in [1.54, 1.807) is 6.07 Å². The lowest BCUT2D eigenvalue weighted by atomic mass is 9.86. The van der Waals surface area contributed by atoms with E-state index in [4.69, 9.17) is 0 Å². The van der Waals surface area contributed by atoms with E-state index in [0.29, 0.717) is 28.9 Å². The molecule has 1 unspecified atom stereocenters. The third-order valence-electron chi connectivity index (χ3n) is 7.52. The first-order valence-corrected chi connectivity index (χ1v) is 13.4. The number of carbonyl (C=O) groups excluding carboxylic acids is 1. The van der Waals surface area contributed by atoms with Crippen LogP contribution in [0.25, 0.3) is 10.2 Å². The number of benzene rings is 1. The summed E-state index contributed by atoms with van der Waals surface area (Å²) in [5, 5.41) is 12.8. The van der Waals surface area contributed by atoms with Crippen LogP contribution in [0.1, 0.15) is 23.3 Å². The normalized spacial score (nSPS) is 20.1. The van der Waals surface area contributed by atoms with Crippen molar-refractivity contribution < 1.29 is 23.1 Å². The number of halogens is 3. The minimum absolute atomic E-state index is 0.0140. The van der Waals surface area contributed by atoms with Gasteiger partial charge in [-0.15, -0.1) is 11.3 Å². The van der Waals surface area contributed by atoms with Crippen LogP contribution in [-0.4, -0.2) is 78.9 Å². The molecular weight excluding hydrogens is 517 g/mol. The van der Waals surface area contributed by atoms with Gasteiger partial charge in [-0.05, 0) is 43.1 Å². The van der Waals surface area contributed by atoms with Crippen LogP contribution in [0.4, 0.5) is 30.4 Å². The quantitative estimate of drug-likeness (QED) is 0.393. The van der Waals surface area contributed by atoms with E-state index in [1.165, 1.54) is 6.33 Å². The third kappa shape index (κ3) is 5.71. The summed E-state index contributed by atoms with van der Waals surface area (Å²) in [7, 11) is 1.88. The zero-order chi connectivity index (χ0) is 26.9. The average Bonchev–Trinajstić information content (AvgIpc) is 3.57. The van der Waals surface area contributed by atoms with Crippen molar-refractivity contribution in [2.24, 2.45) is 5.41 Å². The van der Waals surface area contributed by atoms with E-state index < -0.39 is 12.6 Å². The van der Waals surface area contributed by atoms with Gasteiger partial charge in [-0.3, -0.25) is 9.69 Å². The molecule has 2 aliphatic rings. The molecule has 1 amide bonds. The van der Waals surface area contributed by atoms with Crippen LogP contribution >= 0.6 is 11.3 Å². The van der Waals surface area contributed by atoms with Crippen molar-refractivity contribution in [1.29, 1.82) is 0 Å². The molecule has 2 fully saturated rings. The molecule has 204 valence electrons. The lowest BCUT2D eigenvalue weighted by Gasteiger charge is -2.26. The van der Waals surface area contributed by atoms with Gasteiger partial charge >= 0.3 is 6.18 Å². The second kappa shape index (κ2) is 10.7. The van der Waals surface area contributed by atoms with Crippen LogP contribution < -0.4 is 15.1 Å². The summed E-state index contributed by atoms with van der Waals surface area (Å²) >= 11 is 1.09. The molecule has 1 atom stereocenters. The van der Waals surface area contributed by atoms with Crippen molar-refractivity contribution >= 4 is 45.2 Å². The van der Waals surface area contributed by atoms with Crippen LogP contribution in [0.15, 0.2) is 30.6 Å². The highest BCUT2D eigenvalue weighted by Crippen LogP contribution is 2.43. The number of alkyl halides is 3. The fourth-order valence-corrected chi connectivity index (χ4v) is 6.77. The van der Waals surface area contributed by atoms with Crippen LogP contribution in [-0.2, 0) is 17.8 Å². The van der Waals surface area contributed by atoms with Gasteiger partial charge in [0.1, 0.15) is 17.0 Å². The van der Waals surface area contributed by atoms with Gasteiger partial charge in [-0.2, -0.15) is 13.2 Å². The third-order valence-corrected chi connectivity index (χ3v) is 8.56. The molecule has 1 spiro atoms. The van der Waals surface area contributed by atoms with Crippen molar-refractivity contribution in [3.8, 4) is 0 Å². The number of rotatable bonds is 9. The molecule has 0 radical (unpaired) electrons. The van der Waals surface area contributed by atoms with Crippen LogP contribution in [0.5, 0.6) is 0 Å². The number of anilines is 3. The molecule has 0 bridgehead atoms. The second-order valence-corrected chi connectivity index (χ2v) is 11.4. The maximum absolute atomic E-state index is 12.9. The number of aliphatic hydroxyl groups excluding tert-OH is 1. The molecule has 38 heavy (non-hydrogen) atoms. The molecule has 8 nitrogen and oxygen atoms in total. The van der Waals surface area contributed by atoms with Gasteiger partial charge in [0, 0.05) is 50.1 Å². The summed E-state index contributed by atoms with van der Waals surface area (Å²) in [5.74, 6) is 0.727. The molecule has 5 rings (SSSR count). The van der Waals surface area contributed by atoms with Gasteiger partial charge in [0.15, 0.2) is 0 Å². The Morgan fingerprint density at radius 1 is 1.21 bits per heavy atom. The number of carbonyl (C=O) groups is 1. The molecule has 0 saturated carbocycles. The highest BCUT2D eigenvalue weighted by Gasteiger charge is 2.44. The SMILES string of the molecule is CN(CCO)c1cc(CN2CCC3(CCN(c4ncnc5sc(CC(F)(F)F)cc45)C3)C2)ccc1NC=O. The Balaban J connectivity index is 1.28. The van der Waals surface area contributed by atoms with E-state index >= 15 is 0 Å². The van der Waals surface area contributed by atoms with E-state index in [-0.39, 0.29) is 16.9 Å². The lowest BCUT2D eigenvalue weighted by Crippen LogP contribution is -2.31. The van der Waals surface area contributed by atoms with E-state index in [2.05, 4.69) is 31.2 Å². The summed E-state index contributed by atoms with van der Waals surface area (Å²) in [6, 6.07) is 7.56. The van der Waals surface area contributed by atoms with Crippen molar-refractivity contribution in [2.45, 2.75) is 32.0 Å². The Hall–Kier alpha value is -2.96. The van der Waals surface area contributed by atoms with Crippen molar-refractivity contribution in [3.63, 3.8) is 0 Å². The van der Waals surface area contributed by atoms with E-state index in [9.17, 15) is 23.1 Å². The molecule has 12 heteroatoms. The number of amides is 1. The molecule has 3 aromatic rings.